The smallest absolute Gasteiger partial charge is 0.137 e. The predicted octanol–water partition coefficient (Wildman–Crippen LogP) is 1.21. The van der Waals surface area contributed by atoms with E-state index in [4.69, 9.17) is 0 Å². The number of nitrogens with zero attached hydrogens (tertiary/aromatic N) is 3. The average molecular weight is 268 g/mol. The summed E-state index contributed by atoms with van der Waals surface area (Å²) in [4.78, 5) is 10.9. The zero-order valence-electron chi connectivity index (χ0n) is 11.1. The first-order chi connectivity index (χ1) is 8.63. The molecule has 1 aromatic heterocycles. The Labute approximate surface area is 110 Å². The third-order valence-electron chi connectivity index (χ3n) is 3.15. The molecule has 2 rings (SSSR count). The van der Waals surface area contributed by atoms with Crippen molar-refractivity contribution in [3.05, 3.63) is 11.9 Å². The van der Waals surface area contributed by atoms with E-state index in [1.807, 2.05) is 7.05 Å². The first-order valence-electron chi connectivity index (χ1n) is 6.26. The van der Waals surface area contributed by atoms with Crippen LogP contribution in [0.15, 0.2) is 6.33 Å². The quantitative estimate of drug-likeness (QED) is 0.893. The first-order valence-corrected chi connectivity index (χ1v) is 7.75. The summed E-state index contributed by atoms with van der Waals surface area (Å²) in [7, 11) is 1.22. The Morgan fingerprint density at radius 3 is 2.56 bits per heavy atom. The van der Waals surface area contributed by atoms with E-state index in [1.54, 1.807) is 6.33 Å². The number of hydrogen-bond acceptors (Lipinski definition) is 5. The molecule has 1 saturated heterocycles. The van der Waals surface area contributed by atoms with Gasteiger partial charge in [-0.1, -0.05) is 13.8 Å². The predicted molar refractivity (Wildman–Crippen MR) is 75.8 cm³/mol. The van der Waals surface area contributed by atoms with Gasteiger partial charge in [0.15, 0.2) is 0 Å². The Balaban J connectivity index is 2.34. The summed E-state index contributed by atoms with van der Waals surface area (Å²) in [6.45, 7) is 5.91. The molecular weight excluding hydrogens is 248 g/mol. The lowest BCUT2D eigenvalue weighted by molar-refractivity contribution is 0.671. The van der Waals surface area contributed by atoms with E-state index < -0.39 is 10.8 Å². The fraction of sp³-hybridized carbons (Fsp3) is 0.667. The number of rotatable bonds is 3. The van der Waals surface area contributed by atoms with Gasteiger partial charge in [0.1, 0.15) is 18.0 Å². The summed E-state index contributed by atoms with van der Waals surface area (Å²) >= 11 is 0. The number of nitrogens with one attached hydrogen (secondary N) is 1. The normalized spacial score (nSPS) is 17.2. The van der Waals surface area contributed by atoms with Gasteiger partial charge in [-0.2, -0.15) is 0 Å². The van der Waals surface area contributed by atoms with Crippen LogP contribution in [0.4, 0.5) is 11.6 Å². The zero-order valence-corrected chi connectivity index (χ0v) is 12.0. The van der Waals surface area contributed by atoms with Crippen molar-refractivity contribution in [1.82, 2.24) is 9.97 Å². The van der Waals surface area contributed by atoms with Gasteiger partial charge in [-0.15, -0.1) is 0 Å². The van der Waals surface area contributed by atoms with Crippen molar-refractivity contribution < 1.29 is 4.21 Å². The number of anilines is 2. The van der Waals surface area contributed by atoms with E-state index in [2.05, 4.69) is 34.0 Å². The molecule has 2 heterocycles. The lowest BCUT2D eigenvalue weighted by atomic mass is 10.0. The minimum Gasteiger partial charge on any atom is -0.373 e. The minimum absolute atomic E-state index is 0.357. The Morgan fingerprint density at radius 2 is 2.00 bits per heavy atom. The van der Waals surface area contributed by atoms with Gasteiger partial charge in [0.25, 0.3) is 0 Å². The van der Waals surface area contributed by atoms with Crippen LogP contribution in [0.25, 0.3) is 0 Å². The SMILES string of the molecule is CNc1ncnc(N2CCS(=O)CC2)c1C(C)C. The molecule has 1 aliphatic rings. The molecule has 100 valence electrons. The van der Waals surface area contributed by atoms with Crippen molar-refractivity contribution in [1.29, 1.82) is 0 Å². The molecule has 0 saturated carbocycles. The van der Waals surface area contributed by atoms with Gasteiger partial charge in [-0.3, -0.25) is 4.21 Å². The van der Waals surface area contributed by atoms with E-state index >= 15 is 0 Å². The highest BCUT2D eigenvalue weighted by Gasteiger charge is 2.22. The molecule has 18 heavy (non-hydrogen) atoms. The molecule has 0 amide bonds. The van der Waals surface area contributed by atoms with E-state index in [9.17, 15) is 4.21 Å². The summed E-state index contributed by atoms with van der Waals surface area (Å²) in [5.74, 6) is 3.70. The van der Waals surface area contributed by atoms with Crippen LogP contribution in [0.1, 0.15) is 25.3 Å². The van der Waals surface area contributed by atoms with Crippen molar-refractivity contribution in [2.75, 3.05) is 41.9 Å². The van der Waals surface area contributed by atoms with Gasteiger partial charge in [0, 0.05) is 48.0 Å². The van der Waals surface area contributed by atoms with E-state index in [0.29, 0.717) is 5.92 Å². The van der Waals surface area contributed by atoms with E-state index in [-0.39, 0.29) is 0 Å². The van der Waals surface area contributed by atoms with Crippen LogP contribution in [-0.4, -0.2) is 45.8 Å². The Hall–Kier alpha value is -1.17. The average Bonchev–Trinajstić information content (AvgIpc) is 2.38. The largest absolute Gasteiger partial charge is 0.373 e. The van der Waals surface area contributed by atoms with Crippen LogP contribution in [0, 0.1) is 0 Å². The number of hydrogen-bond donors (Lipinski definition) is 1. The second-order valence-corrected chi connectivity index (χ2v) is 6.40. The lowest BCUT2D eigenvalue weighted by Crippen LogP contribution is -2.39. The maximum absolute atomic E-state index is 11.4. The van der Waals surface area contributed by atoms with Crippen molar-refractivity contribution in [3.63, 3.8) is 0 Å². The van der Waals surface area contributed by atoms with Crippen LogP contribution in [-0.2, 0) is 10.8 Å². The first kappa shape index (κ1) is 13.3. The molecule has 1 aromatic rings. The fourth-order valence-corrected chi connectivity index (χ4v) is 3.27. The summed E-state index contributed by atoms with van der Waals surface area (Å²) in [6.07, 6.45) is 1.60. The van der Waals surface area contributed by atoms with Crippen molar-refractivity contribution in [2.24, 2.45) is 0 Å². The van der Waals surface area contributed by atoms with Crippen LogP contribution < -0.4 is 10.2 Å². The lowest BCUT2D eigenvalue weighted by Gasteiger charge is -2.30. The van der Waals surface area contributed by atoms with Gasteiger partial charge in [-0.05, 0) is 5.92 Å². The third-order valence-corrected chi connectivity index (χ3v) is 4.43. The summed E-state index contributed by atoms with van der Waals surface area (Å²) < 4.78 is 11.4. The molecule has 6 heteroatoms. The highest BCUT2D eigenvalue weighted by atomic mass is 32.2. The molecule has 0 spiro atoms. The molecule has 1 aliphatic heterocycles. The zero-order chi connectivity index (χ0) is 13.1. The highest BCUT2D eigenvalue weighted by Crippen LogP contribution is 2.30. The fourth-order valence-electron chi connectivity index (χ4n) is 2.22. The van der Waals surface area contributed by atoms with Gasteiger partial charge in [0.05, 0.1) is 0 Å². The molecule has 0 unspecified atom stereocenters. The maximum Gasteiger partial charge on any atom is 0.137 e. The molecule has 1 fully saturated rings. The Bertz CT molecular complexity index is 440. The van der Waals surface area contributed by atoms with Crippen LogP contribution >= 0.6 is 0 Å². The Kier molecular flexibility index (Phi) is 4.16. The molecular formula is C12H20N4OS. The molecule has 1 N–H and O–H groups in total. The molecule has 5 nitrogen and oxygen atoms in total. The van der Waals surface area contributed by atoms with E-state index in [0.717, 1.165) is 41.8 Å². The molecule has 0 aliphatic carbocycles. The standard InChI is InChI=1S/C12H20N4OS/c1-9(2)10-11(13-3)14-8-15-12(10)16-4-6-18(17)7-5-16/h8-9H,4-7H2,1-3H3,(H,13,14,15). The Morgan fingerprint density at radius 1 is 1.33 bits per heavy atom. The highest BCUT2D eigenvalue weighted by molar-refractivity contribution is 7.85. The molecule has 0 radical (unpaired) electrons. The second kappa shape index (κ2) is 5.65. The summed E-state index contributed by atoms with van der Waals surface area (Å²) in [6, 6.07) is 0. The molecule has 0 atom stereocenters. The second-order valence-electron chi connectivity index (χ2n) is 4.70. The maximum atomic E-state index is 11.4. The molecule has 0 aromatic carbocycles. The van der Waals surface area contributed by atoms with Crippen molar-refractivity contribution in [2.45, 2.75) is 19.8 Å². The summed E-state index contributed by atoms with van der Waals surface area (Å²) in [5, 5.41) is 3.13. The van der Waals surface area contributed by atoms with Crippen LogP contribution in [0.3, 0.4) is 0 Å². The van der Waals surface area contributed by atoms with Crippen molar-refractivity contribution in [3.8, 4) is 0 Å². The van der Waals surface area contributed by atoms with Gasteiger partial charge < -0.3 is 10.2 Å². The minimum atomic E-state index is -0.660. The van der Waals surface area contributed by atoms with Gasteiger partial charge in [-0.25, -0.2) is 9.97 Å². The monoisotopic (exact) mass is 268 g/mol. The summed E-state index contributed by atoms with van der Waals surface area (Å²) in [5.41, 5.74) is 1.15. The van der Waals surface area contributed by atoms with Crippen molar-refractivity contribution >= 4 is 22.4 Å². The molecule has 0 bridgehead atoms. The third kappa shape index (κ3) is 2.63. The topological polar surface area (TPSA) is 58.1 Å². The van der Waals surface area contributed by atoms with Gasteiger partial charge in [0.2, 0.25) is 0 Å². The number of aromatic nitrogens is 2. The van der Waals surface area contributed by atoms with E-state index in [1.165, 1.54) is 0 Å². The van der Waals surface area contributed by atoms with Gasteiger partial charge >= 0.3 is 0 Å². The van der Waals surface area contributed by atoms with Crippen LogP contribution in [0.2, 0.25) is 0 Å². The van der Waals surface area contributed by atoms with Crippen LogP contribution in [0.5, 0.6) is 0 Å².